The number of fused-ring (bicyclic) bond motifs is 1. The first-order valence-electron chi connectivity index (χ1n) is 8.42. The summed E-state index contributed by atoms with van der Waals surface area (Å²) in [7, 11) is -3.85. The zero-order valence-corrected chi connectivity index (χ0v) is 14.9. The number of rotatable bonds is 7. The Morgan fingerprint density at radius 1 is 1.20 bits per heavy atom. The van der Waals surface area contributed by atoms with Crippen LogP contribution in [-0.2, 0) is 14.8 Å². The molecular weight excluding hydrogens is 340 g/mol. The largest absolute Gasteiger partial charge is 0.289 e. The van der Waals surface area contributed by atoms with Crippen LogP contribution in [0.1, 0.15) is 32.6 Å². The first kappa shape index (κ1) is 17.8. The number of unbranched alkanes of at least 4 members (excludes halogenated alkanes) is 1. The summed E-state index contributed by atoms with van der Waals surface area (Å²) in [5.41, 5.74) is 0.461. The maximum absolute atomic E-state index is 13.3. The molecule has 0 heterocycles. The molecule has 2 aromatic carbocycles. The Kier molecular flexibility index (Phi) is 4.81. The molecule has 0 atom stereocenters. The van der Waals surface area contributed by atoms with Gasteiger partial charge in [0.05, 0.1) is 4.90 Å². The Hall–Kier alpha value is -1.96. The third-order valence-corrected chi connectivity index (χ3v) is 6.71. The van der Waals surface area contributed by atoms with Crippen LogP contribution in [-0.4, -0.2) is 35.9 Å². The lowest BCUT2D eigenvalue weighted by Crippen LogP contribution is -2.51. The molecule has 2 aromatic rings. The van der Waals surface area contributed by atoms with Gasteiger partial charge in [0.15, 0.2) is 0 Å². The molecule has 1 aliphatic rings. The fourth-order valence-corrected chi connectivity index (χ4v) is 5.00. The molecule has 0 spiro atoms. The first-order valence-corrected chi connectivity index (χ1v) is 9.86. The van der Waals surface area contributed by atoms with Gasteiger partial charge >= 0.3 is 0 Å². The number of nitrogens with one attached hydrogen (secondary N) is 1. The minimum atomic E-state index is -3.85. The molecule has 6 nitrogen and oxygen atoms in total. The quantitative estimate of drug-likeness (QED) is 0.586. The van der Waals surface area contributed by atoms with Gasteiger partial charge in [-0.05, 0) is 42.2 Å². The summed E-state index contributed by atoms with van der Waals surface area (Å²) in [5.74, 6) is -0.659. The SMILES string of the molecule is CCCCN(C1(C(=O)NO)CC1)S(=O)(=O)c1ccc2ccccc2c1. The molecule has 1 amide bonds. The van der Waals surface area contributed by atoms with Crippen molar-refractivity contribution in [2.45, 2.75) is 43.0 Å². The monoisotopic (exact) mass is 362 g/mol. The van der Waals surface area contributed by atoms with Crippen molar-refractivity contribution in [1.82, 2.24) is 9.79 Å². The van der Waals surface area contributed by atoms with Gasteiger partial charge in [-0.15, -0.1) is 0 Å². The summed E-state index contributed by atoms with van der Waals surface area (Å²) in [6.45, 7) is 2.21. The van der Waals surface area contributed by atoms with Crippen LogP contribution in [0.25, 0.3) is 10.8 Å². The maximum Gasteiger partial charge on any atom is 0.264 e. The third kappa shape index (κ3) is 3.15. The zero-order valence-electron chi connectivity index (χ0n) is 14.1. The summed E-state index contributed by atoms with van der Waals surface area (Å²) >= 11 is 0. The molecule has 1 aliphatic carbocycles. The minimum Gasteiger partial charge on any atom is -0.289 e. The van der Waals surface area contributed by atoms with E-state index in [0.717, 1.165) is 17.2 Å². The van der Waals surface area contributed by atoms with E-state index in [4.69, 9.17) is 5.21 Å². The summed E-state index contributed by atoms with van der Waals surface area (Å²) in [4.78, 5) is 12.3. The molecule has 0 bridgehead atoms. The van der Waals surface area contributed by atoms with Crippen molar-refractivity contribution in [1.29, 1.82) is 0 Å². The Balaban J connectivity index is 2.05. The molecule has 0 aromatic heterocycles. The van der Waals surface area contributed by atoms with Gasteiger partial charge in [-0.3, -0.25) is 10.0 Å². The number of carbonyl (C=O) groups excluding carboxylic acids is 1. The van der Waals surface area contributed by atoms with E-state index in [1.54, 1.807) is 23.7 Å². The van der Waals surface area contributed by atoms with Gasteiger partial charge in [0.25, 0.3) is 5.91 Å². The fraction of sp³-hybridized carbons (Fsp3) is 0.389. The number of hydrogen-bond donors (Lipinski definition) is 2. The zero-order chi connectivity index (χ0) is 18.1. The lowest BCUT2D eigenvalue weighted by molar-refractivity contribution is -0.134. The lowest BCUT2D eigenvalue weighted by atomic mass is 10.1. The van der Waals surface area contributed by atoms with Crippen LogP contribution in [0.4, 0.5) is 0 Å². The average Bonchev–Trinajstić information content (AvgIpc) is 3.42. The fourth-order valence-electron chi connectivity index (χ4n) is 3.13. The Morgan fingerprint density at radius 2 is 1.88 bits per heavy atom. The Labute approximate surface area is 147 Å². The van der Waals surface area contributed by atoms with Gasteiger partial charge < -0.3 is 0 Å². The van der Waals surface area contributed by atoms with E-state index >= 15 is 0 Å². The van der Waals surface area contributed by atoms with Crippen molar-refractivity contribution in [3.05, 3.63) is 42.5 Å². The van der Waals surface area contributed by atoms with Crippen LogP contribution in [0.3, 0.4) is 0 Å². The van der Waals surface area contributed by atoms with E-state index in [2.05, 4.69) is 0 Å². The van der Waals surface area contributed by atoms with Gasteiger partial charge in [0.1, 0.15) is 5.54 Å². The van der Waals surface area contributed by atoms with Gasteiger partial charge in [-0.25, -0.2) is 13.9 Å². The molecular formula is C18H22N2O4S. The van der Waals surface area contributed by atoms with Crippen molar-refractivity contribution in [2.75, 3.05) is 6.54 Å². The highest BCUT2D eigenvalue weighted by atomic mass is 32.2. The normalized spacial score (nSPS) is 16.1. The highest BCUT2D eigenvalue weighted by Crippen LogP contribution is 2.45. The second kappa shape index (κ2) is 6.74. The van der Waals surface area contributed by atoms with Crippen LogP contribution >= 0.6 is 0 Å². The van der Waals surface area contributed by atoms with Gasteiger partial charge in [-0.2, -0.15) is 4.31 Å². The number of carbonyl (C=O) groups is 1. The molecule has 1 saturated carbocycles. The van der Waals surface area contributed by atoms with Crippen LogP contribution in [0.5, 0.6) is 0 Å². The Morgan fingerprint density at radius 3 is 2.48 bits per heavy atom. The number of hydrogen-bond acceptors (Lipinski definition) is 4. The van der Waals surface area contributed by atoms with Crippen LogP contribution < -0.4 is 5.48 Å². The van der Waals surface area contributed by atoms with Crippen LogP contribution in [0.15, 0.2) is 47.4 Å². The van der Waals surface area contributed by atoms with Gasteiger partial charge in [-0.1, -0.05) is 43.7 Å². The van der Waals surface area contributed by atoms with Crippen molar-refractivity contribution >= 4 is 26.7 Å². The minimum absolute atomic E-state index is 0.166. The highest BCUT2D eigenvalue weighted by molar-refractivity contribution is 7.89. The standard InChI is InChI=1S/C18H22N2O4S/c1-2-3-12-20(18(10-11-18)17(21)19-22)25(23,24)16-9-8-14-6-4-5-7-15(14)13-16/h4-9,13,22H,2-3,10-12H2,1H3,(H,19,21). The van der Waals surface area contributed by atoms with Crippen molar-refractivity contribution in [3.8, 4) is 0 Å². The molecule has 0 saturated heterocycles. The predicted octanol–water partition coefficient (Wildman–Crippen LogP) is 2.67. The molecule has 2 N–H and O–H groups in total. The number of amides is 1. The van der Waals surface area contributed by atoms with Crippen LogP contribution in [0.2, 0.25) is 0 Å². The lowest BCUT2D eigenvalue weighted by Gasteiger charge is -2.29. The maximum atomic E-state index is 13.3. The highest BCUT2D eigenvalue weighted by Gasteiger charge is 2.58. The summed E-state index contributed by atoms with van der Waals surface area (Å²) in [5, 5.41) is 10.8. The topological polar surface area (TPSA) is 86.7 Å². The van der Waals surface area contributed by atoms with E-state index in [-0.39, 0.29) is 11.4 Å². The third-order valence-electron chi connectivity index (χ3n) is 4.75. The molecule has 3 rings (SSSR count). The van der Waals surface area contributed by atoms with E-state index in [1.165, 1.54) is 4.31 Å². The van der Waals surface area contributed by atoms with Gasteiger partial charge in [0.2, 0.25) is 10.0 Å². The molecule has 0 unspecified atom stereocenters. The van der Waals surface area contributed by atoms with E-state index < -0.39 is 21.5 Å². The molecule has 134 valence electrons. The number of nitrogens with zero attached hydrogens (tertiary/aromatic N) is 1. The Bertz CT molecular complexity index is 891. The number of benzene rings is 2. The second-order valence-corrected chi connectivity index (χ2v) is 8.27. The summed E-state index contributed by atoms with van der Waals surface area (Å²) < 4.78 is 27.8. The molecule has 25 heavy (non-hydrogen) atoms. The van der Waals surface area contributed by atoms with E-state index in [0.29, 0.717) is 19.3 Å². The van der Waals surface area contributed by atoms with E-state index in [1.807, 2.05) is 31.2 Å². The first-order chi connectivity index (χ1) is 12.0. The van der Waals surface area contributed by atoms with Crippen LogP contribution in [0, 0.1) is 0 Å². The second-order valence-electron chi connectivity index (χ2n) is 6.41. The molecule has 1 fully saturated rings. The van der Waals surface area contributed by atoms with Gasteiger partial charge in [0, 0.05) is 6.54 Å². The van der Waals surface area contributed by atoms with Crippen molar-refractivity contribution in [2.24, 2.45) is 0 Å². The summed E-state index contributed by atoms with van der Waals surface area (Å²) in [6.07, 6.45) is 2.28. The van der Waals surface area contributed by atoms with E-state index in [9.17, 15) is 13.2 Å². The molecule has 0 radical (unpaired) electrons. The predicted molar refractivity (Wildman–Crippen MR) is 94.6 cm³/mol. The molecule has 0 aliphatic heterocycles. The number of sulfonamides is 1. The molecule has 7 heteroatoms. The average molecular weight is 362 g/mol. The number of hydroxylamine groups is 1. The summed E-state index contributed by atoms with van der Waals surface area (Å²) in [6, 6.07) is 12.5. The smallest absolute Gasteiger partial charge is 0.264 e. The van der Waals surface area contributed by atoms with Crippen molar-refractivity contribution in [3.63, 3.8) is 0 Å². The van der Waals surface area contributed by atoms with Crippen molar-refractivity contribution < 1.29 is 18.4 Å².